The SMILES string of the molecule is C1=C2c3ccccc3N(c3ccccc3)C2Cc2c1c1ccc3ccccc3c1n2-c1cc(-c2ccccc2)cc(-c2ccccc2)c1. The van der Waals surface area contributed by atoms with Crippen molar-refractivity contribution in [1.82, 2.24) is 4.57 Å². The highest BCUT2D eigenvalue weighted by molar-refractivity contribution is 6.13. The summed E-state index contributed by atoms with van der Waals surface area (Å²) < 4.78 is 2.59. The molecule has 1 aliphatic carbocycles. The molecular weight excluding hydrogens is 581 g/mol. The van der Waals surface area contributed by atoms with E-state index in [9.17, 15) is 0 Å². The van der Waals surface area contributed by atoms with Gasteiger partial charge in [0.15, 0.2) is 0 Å². The Balaban J connectivity index is 1.28. The van der Waals surface area contributed by atoms with Gasteiger partial charge in [0.1, 0.15) is 0 Å². The molecule has 1 aliphatic heterocycles. The Labute approximate surface area is 280 Å². The lowest BCUT2D eigenvalue weighted by molar-refractivity contribution is 0.772. The number of aromatic nitrogens is 1. The van der Waals surface area contributed by atoms with E-state index in [4.69, 9.17) is 0 Å². The number of fused-ring (bicyclic) bond motifs is 8. The van der Waals surface area contributed by atoms with Crippen LogP contribution in [-0.4, -0.2) is 10.6 Å². The smallest absolute Gasteiger partial charge is 0.0653 e. The topological polar surface area (TPSA) is 8.17 Å². The number of hydrogen-bond donors (Lipinski definition) is 0. The van der Waals surface area contributed by atoms with Crippen molar-refractivity contribution in [3.05, 3.63) is 187 Å². The van der Waals surface area contributed by atoms with Gasteiger partial charge < -0.3 is 9.47 Å². The second kappa shape index (κ2) is 10.7. The molecule has 0 saturated carbocycles. The van der Waals surface area contributed by atoms with E-state index in [2.05, 4.69) is 185 Å². The number of anilines is 2. The van der Waals surface area contributed by atoms with Gasteiger partial charge in [-0.3, -0.25) is 0 Å². The number of nitrogens with zero attached hydrogens (tertiary/aromatic N) is 2. The predicted molar refractivity (Wildman–Crippen MR) is 202 cm³/mol. The summed E-state index contributed by atoms with van der Waals surface area (Å²) in [4.78, 5) is 2.56. The molecule has 2 aliphatic rings. The summed E-state index contributed by atoms with van der Waals surface area (Å²) in [6, 6.07) is 62.2. The van der Waals surface area contributed by atoms with Gasteiger partial charge in [0, 0.05) is 51.1 Å². The van der Waals surface area contributed by atoms with Crippen LogP contribution in [0.3, 0.4) is 0 Å². The Bertz CT molecular complexity index is 2470. The summed E-state index contributed by atoms with van der Waals surface area (Å²) in [6.07, 6.45) is 3.39. The van der Waals surface area contributed by atoms with Crippen LogP contribution in [0, 0.1) is 0 Å². The minimum atomic E-state index is 0.192. The van der Waals surface area contributed by atoms with E-state index >= 15 is 0 Å². The molecule has 7 aromatic carbocycles. The summed E-state index contributed by atoms with van der Waals surface area (Å²) >= 11 is 0. The fraction of sp³-hybridized carbons (Fsp3) is 0.0435. The average molecular weight is 613 g/mol. The highest BCUT2D eigenvalue weighted by atomic mass is 15.2. The fourth-order valence-electron chi connectivity index (χ4n) is 8.14. The Hall–Kier alpha value is -6.12. The quantitative estimate of drug-likeness (QED) is 0.192. The Kier molecular flexibility index (Phi) is 6.04. The molecule has 48 heavy (non-hydrogen) atoms. The molecule has 2 heteroatoms. The first-order valence-corrected chi connectivity index (χ1v) is 16.8. The van der Waals surface area contributed by atoms with E-state index in [1.165, 1.54) is 83.4 Å². The van der Waals surface area contributed by atoms with Crippen LogP contribution in [0.5, 0.6) is 0 Å². The maximum atomic E-state index is 2.59. The molecule has 1 unspecified atom stereocenters. The van der Waals surface area contributed by atoms with Crippen molar-refractivity contribution in [2.45, 2.75) is 12.5 Å². The molecule has 0 amide bonds. The van der Waals surface area contributed by atoms with Crippen LogP contribution in [0.2, 0.25) is 0 Å². The average Bonchev–Trinajstić information content (AvgIpc) is 3.67. The first-order chi connectivity index (χ1) is 23.8. The maximum absolute atomic E-state index is 2.59. The molecule has 1 aromatic heterocycles. The van der Waals surface area contributed by atoms with E-state index < -0.39 is 0 Å². The van der Waals surface area contributed by atoms with E-state index in [0.29, 0.717) is 0 Å². The Morgan fingerprint density at radius 3 is 1.83 bits per heavy atom. The Morgan fingerprint density at radius 2 is 1.10 bits per heavy atom. The van der Waals surface area contributed by atoms with Crippen molar-refractivity contribution in [3.63, 3.8) is 0 Å². The van der Waals surface area contributed by atoms with Gasteiger partial charge in [-0.05, 0) is 75.7 Å². The summed E-state index contributed by atoms with van der Waals surface area (Å²) in [5, 5.41) is 3.84. The van der Waals surface area contributed by atoms with Gasteiger partial charge in [0.25, 0.3) is 0 Å². The Morgan fingerprint density at radius 1 is 0.479 bits per heavy atom. The van der Waals surface area contributed by atoms with Crippen LogP contribution in [0.4, 0.5) is 11.4 Å². The molecule has 10 rings (SSSR count). The molecule has 8 aromatic rings. The van der Waals surface area contributed by atoms with Gasteiger partial charge in [-0.1, -0.05) is 133 Å². The molecule has 0 fully saturated rings. The van der Waals surface area contributed by atoms with Crippen LogP contribution in [0.1, 0.15) is 16.8 Å². The monoisotopic (exact) mass is 612 g/mol. The summed E-state index contributed by atoms with van der Waals surface area (Å²) in [5.74, 6) is 0. The standard InChI is InChI=1S/C46H32N2/c1-4-14-31(15-5-1)34-26-35(32-16-6-2-7-17-32)28-37(27-34)48-45-30-44-41(29-42(45)40-25-24-33-18-10-11-21-38(33)46(40)48)39-22-12-13-23-43(39)47(44)36-19-8-3-9-20-36/h1-29,44H,30H2. The van der Waals surface area contributed by atoms with Crippen molar-refractivity contribution in [1.29, 1.82) is 0 Å². The third-order valence-electron chi connectivity index (χ3n) is 10.3. The van der Waals surface area contributed by atoms with Crippen LogP contribution in [0.15, 0.2) is 170 Å². The van der Waals surface area contributed by atoms with Gasteiger partial charge in [0.2, 0.25) is 0 Å². The zero-order valence-electron chi connectivity index (χ0n) is 26.4. The second-order valence-electron chi connectivity index (χ2n) is 12.9. The molecule has 2 heterocycles. The van der Waals surface area contributed by atoms with E-state index in [1.807, 2.05) is 0 Å². The molecule has 0 bridgehead atoms. The molecule has 0 saturated heterocycles. The lowest BCUT2D eigenvalue weighted by atomic mass is 9.89. The molecule has 1 atom stereocenters. The van der Waals surface area contributed by atoms with Gasteiger partial charge in [-0.15, -0.1) is 0 Å². The van der Waals surface area contributed by atoms with E-state index in [0.717, 1.165) is 6.42 Å². The zero-order valence-corrected chi connectivity index (χ0v) is 26.4. The number of hydrogen-bond acceptors (Lipinski definition) is 1. The zero-order chi connectivity index (χ0) is 31.6. The predicted octanol–water partition coefficient (Wildman–Crippen LogP) is 11.7. The van der Waals surface area contributed by atoms with Gasteiger partial charge in [-0.2, -0.15) is 0 Å². The van der Waals surface area contributed by atoms with Crippen LogP contribution >= 0.6 is 0 Å². The van der Waals surface area contributed by atoms with E-state index in [-0.39, 0.29) is 6.04 Å². The van der Waals surface area contributed by atoms with E-state index in [1.54, 1.807) is 0 Å². The fourth-order valence-corrected chi connectivity index (χ4v) is 8.14. The number of rotatable bonds is 4. The molecule has 0 spiro atoms. The largest absolute Gasteiger partial charge is 0.333 e. The highest BCUT2D eigenvalue weighted by Crippen LogP contribution is 2.51. The molecule has 226 valence electrons. The number of para-hydroxylation sites is 2. The van der Waals surface area contributed by atoms with Crippen molar-refractivity contribution >= 4 is 44.7 Å². The first-order valence-electron chi connectivity index (χ1n) is 16.8. The van der Waals surface area contributed by atoms with Crippen molar-refractivity contribution in [2.24, 2.45) is 0 Å². The van der Waals surface area contributed by atoms with Gasteiger partial charge in [-0.25, -0.2) is 0 Å². The third-order valence-corrected chi connectivity index (χ3v) is 10.3. The minimum Gasteiger partial charge on any atom is -0.333 e. The lowest BCUT2D eigenvalue weighted by Crippen LogP contribution is -2.31. The third kappa shape index (κ3) is 4.13. The maximum Gasteiger partial charge on any atom is 0.0653 e. The van der Waals surface area contributed by atoms with Crippen LogP contribution < -0.4 is 4.90 Å². The molecule has 0 radical (unpaired) electrons. The molecular formula is C46H32N2. The van der Waals surface area contributed by atoms with Crippen LogP contribution in [0.25, 0.3) is 61.3 Å². The summed E-state index contributed by atoms with van der Waals surface area (Å²) in [5.41, 5.74) is 15.3. The van der Waals surface area contributed by atoms with Crippen molar-refractivity contribution in [2.75, 3.05) is 4.90 Å². The molecule has 0 N–H and O–H groups in total. The summed E-state index contributed by atoms with van der Waals surface area (Å²) in [7, 11) is 0. The molecule has 2 nitrogen and oxygen atoms in total. The first kappa shape index (κ1) is 27.0. The number of benzene rings is 7. The van der Waals surface area contributed by atoms with Gasteiger partial charge in [0.05, 0.1) is 11.6 Å². The second-order valence-corrected chi connectivity index (χ2v) is 12.9. The summed E-state index contributed by atoms with van der Waals surface area (Å²) in [6.45, 7) is 0. The highest BCUT2D eigenvalue weighted by Gasteiger charge is 2.39. The normalized spacial score (nSPS) is 14.9. The van der Waals surface area contributed by atoms with Gasteiger partial charge >= 0.3 is 0 Å². The lowest BCUT2D eigenvalue weighted by Gasteiger charge is -2.31. The van der Waals surface area contributed by atoms with Crippen molar-refractivity contribution in [3.8, 4) is 27.9 Å². The minimum absolute atomic E-state index is 0.192. The van der Waals surface area contributed by atoms with Crippen molar-refractivity contribution < 1.29 is 0 Å². The van der Waals surface area contributed by atoms with Crippen LogP contribution in [-0.2, 0) is 6.42 Å².